The van der Waals surface area contributed by atoms with Crippen molar-refractivity contribution in [3.8, 4) is 5.75 Å². The lowest BCUT2D eigenvalue weighted by atomic mass is 10.1. The van der Waals surface area contributed by atoms with E-state index in [-0.39, 0.29) is 12.1 Å². The Hall–Kier alpha value is -2.56. The first-order valence-corrected chi connectivity index (χ1v) is 6.72. The van der Waals surface area contributed by atoms with Gasteiger partial charge in [0.25, 0.3) is 0 Å². The van der Waals surface area contributed by atoms with E-state index < -0.39 is 0 Å². The van der Waals surface area contributed by atoms with Crippen LogP contribution in [0.1, 0.15) is 24.1 Å². The molecule has 110 valence electrons. The van der Waals surface area contributed by atoms with Gasteiger partial charge in [-0.2, -0.15) is 0 Å². The van der Waals surface area contributed by atoms with Crippen molar-refractivity contribution in [3.05, 3.63) is 53.9 Å². The Morgan fingerprint density at radius 2 is 1.95 bits per heavy atom. The van der Waals surface area contributed by atoms with Crippen LogP contribution in [-0.2, 0) is 0 Å². The third kappa shape index (κ3) is 3.95. The third-order valence-corrected chi connectivity index (χ3v) is 3.16. The molecule has 0 aliphatic heterocycles. The van der Waals surface area contributed by atoms with Gasteiger partial charge in [0, 0.05) is 12.4 Å². The summed E-state index contributed by atoms with van der Waals surface area (Å²) in [6, 6.07) is 9.00. The number of carbonyl (C=O) groups is 1. The van der Waals surface area contributed by atoms with Gasteiger partial charge in [0.15, 0.2) is 0 Å². The Kier molecular flexibility index (Phi) is 4.77. The van der Waals surface area contributed by atoms with Gasteiger partial charge in [-0.1, -0.05) is 6.07 Å². The number of ether oxygens (including phenoxy) is 1. The van der Waals surface area contributed by atoms with E-state index in [4.69, 9.17) is 4.74 Å². The molecule has 0 spiro atoms. The van der Waals surface area contributed by atoms with Crippen LogP contribution >= 0.6 is 0 Å². The molecule has 0 unspecified atom stereocenters. The summed E-state index contributed by atoms with van der Waals surface area (Å²) < 4.78 is 5.24. The number of amides is 2. The molecular weight excluding hydrogens is 266 g/mol. The molecule has 0 fully saturated rings. The molecule has 0 saturated heterocycles. The number of hydrogen-bond donors (Lipinski definition) is 2. The van der Waals surface area contributed by atoms with E-state index in [1.165, 1.54) is 0 Å². The van der Waals surface area contributed by atoms with Crippen molar-refractivity contribution < 1.29 is 9.53 Å². The SMILES string of the molecule is COc1ccc(C)cc1NC(=O)N[C@@H](C)c1ccncc1. The van der Waals surface area contributed by atoms with Crippen molar-refractivity contribution in [2.75, 3.05) is 12.4 Å². The van der Waals surface area contributed by atoms with Gasteiger partial charge < -0.3 is 15.4 Å². The molecule has 0 aliphatic carbocycles. The standard InChI is InChI=1S/C16H19N3O2/c1-11-4-5-15(21-3)14(10-11)19-16(20)18-12(2)13-6-8-17-9-7-13/h4-10,12H,1-3H3,(H2,18,19,20)/t12-/m0/s1. The Bertz CT molecular complexity index is 614. The smallest absolute Gasteiger partial charge is 0.319 e. The second-order valence-corrected chi connectivity index (χ2v) is 4.80. The van der Waals surface area contributed by atoms with Gasteiger partial charge in [-0.3, -0.25) is 4.98 Å². The number of nitrogens with one attached hydrogen (secondary N) is 2. The number of benzene rings is 1. The van der Waals surface area contributed by atoms with E-state index >= 15 is 0 Å². The van der Waals surface area contributed by atoms with Crippen LogP contribution in [0, 0.1) is 6.92 Å². The van der Waals surface area contributed by atoms with Crippen LogP contribution in [-0.4, -0.2) is 18.1 Å². The molecular formula is C16H19N3O2. The zero-order valence-corrected chi connectivity index (χ0v) is 12.4. The number of methoxy groups -OCH3 is 1. The van der Waals surface area contributed by atoms with Crippen molar-refractivity contribution in [1.82, 2.24) is 10.3 Å². The molecule has 1 aromatic heterocycles. The van der Waals surface area contributed by atoms with Gasteiger partial charge >= 0.3 is 6.03 Å². The van der Waals surface area contributed by atoms with Crippen LogP contribution < -0.4 is 15.4 Å². The first-order valence-electron chi connectivity index (χ1n) is 6.72. The van der Waals surface area contributed by atoms with Crippen LogP contribution in [0.2, 0.25) is 0 Å². The maximum absolute atomic E-state index is 12.1. The van der Waals surface area contributed by atoms with Crippen molar-refractivity contribution in [2.45, 2.75) is 19.9 Å². The molecule has 2 amide bonds. The lowest BCUT2D eigenvalue weighted by Gasteiger charge is -2.16. The predicted molar refractivity (Wildman–Crippen MR) is 82.5 cm³/mol. The highest BCUT2D eigenvalue weighted by molar-refractivity contribution is 5.91. The first kappa shape index (κ1) is 14.8. The van der Waals surface area contributed by atoms with Crippen LogP contribution in [0.5, 0.6) is 5.75 Å². The highest BCUT2D eigenvalue weighted by Gasteiger charge is 2.11. The summed E-state index contributed by atoms with van der Waals surface area (Å²) in [5.41, 5.74) is 2.70. The van der Waals surface area contributed by atoms with Crippen molar-refractivity contribution in [1.29, 1.82) is 0 Å². The van der Waals surface area contributed by atoms with Gasteiger partial charge in [0.1, 0.15) is 5.75 Å². The van der Waals surface area contributed by atoms with Gasteiger partial charge in [0.2, 0.25) is 0 Å². The molecule has 21 heavy (non-hydrogen) atoms. The Balaban J connectivity index is 2.04. The molecule has 2 rings (SSSR count). The van der Waals surface area contributed by atoms with Crippen LogP contribution in [0.25, 0.3) is 0 Å². The van der Waals surface area contributed by atoms with Crippen LogP contribution in [0.15, 0.2) is 42.7 Å². The number of pyridine rings is 1. The molecule has 2 aromatic rings. The maximum Gasteiger partial charge on any atom is 0.319 e. The van der Waals surface area contributed by atoms with Crippen molar-refractivity contribution in [2.24, 2.45) is 0 Å². The van der Waals surface area contributed by atoms with E-state index in [0.29, 0.717) is 11.4 Å². The topological polar surface area (TPSA) is 63.2 Å². The van der Waals surface area contributed by atoms with E-state index in [0.717, 1.165) is 11.1 Å². The number of anilines is 1. The maximum atomic E-state index is 12.1. The van der Waals surface area contributed by atoms with Gasteiger partial charge in [-0.05, 0) is 49.2 Å². The zero-order chi connectivity index (χ0) is 15.2. The largest absolute Gasteiger partial charge is 0.495 e. The minimum Gasteiger partial charge on any atom is -0.495 e. The summed E-state index contributed by atoms with van der Waals surface area (Å²) >= 11 is 0. The highest BCUT2D eigenvalue weighted by Crippen LogP contribution is 2.25. The van der Waals surface area contributed by atoms with E-state index in [1.54, 1.807) is 19.5 Å². The lowest BCUT2D eigenvalue weighted by molar-refractivity contribution is 0.249. The molecule has 0 bridgehead atoms. The first-order chi connectivity index (χ1) is 10.1. The summed E-state index contributed by atoms with van der Waals surface area (Å²) in [5.74, 6) is 0.632. The summed E-state index contributed by atoms with van der Waals surface area (Å²) in [6.07, 6.45) is 3.41. The number of carbonyl (C=O) groups excluding carboxylic acids is 1. The van der Waals surface area contributed by atoms with Gasteiger partial charge in [-0.25, -0.2) is 4.79 Å². The molecule has 5 heteroatoms. The van der Waals surface area contributed by atoms with Crippen molar-refractivity contribution in [3.63, 3.8) is 0 Å². The lowest BCUT2D eigenvalue weighted by Crippen LogP contribution is -2.31. The number of hydrogen-bond acceptors (Lipinski definition) is 3. The minimum absolute atomic E-state index is 0.108. The second kappa shape index (κ2) is 6.74. The summed E-state index contributed by atoms with van der Waals surface area (Å²) in [6.45, 7) is 3.88. The Morgan fingerprint density at radius 3 is 2.62 bits per heavy atom. The number of urea groups is 1. The second-order valence-electron chi connectivity index (χ2n) is 4.80. The van der Waals surface area contributed by atoms with Crippen LogP contribution in [0.3, 0.4) is 0 Å². The minimum atomic E-state index is -0.275. The fourth-order valence-corrected chi connectivity index (χ4v) is 2.01. The number of aromatic nitrogens is 1. The number of aryl methyl sites for hydroxylation is 1. The van der Waals surface area contributed by atoms with E-state index in [1.807, 2.05) is 44.2 Å². The molecule has 1 atom stereocenters. The van der Waals surface area contributed by atoms with Crippen molar-refractivity contribution >= 4 is 11.7 Å². The summed E-state index contributed by atoms with van der Waals surface area (Å²) in [7, 11) is 1.58. The molecule has 0 radical (unpaired) electrons. The molecule has 5 nitrogen and oxygen atoms in total. The van der Waals surface area contributed by atoms with Gasteiger partial charge in [-0.15, -0.1) is 0 Å². The molecule has 1 aromatic carbocycles. The quantitative estimate of drug-likeness (QED) is 0.906. The Morgan fingerprint density at radius 1 is 1.24 bits per heavy atom. The average molecular weight is 285 g/mol. The number of nitrogens with zero attached hydrogens (tertiary/aromatic N) is 1. The predicted octanol–water partition coefficient (Wildman–Crippen LogP) is 3.28. The molecule has 0 saturated carbocycles. The monoisotopic (exact) mass is 285 g/mol. The average Bonchev–Trinajstić information content (AvgIpc) is 2.48. The molecule has 2 N–H and O–H groups in total. The molecule has 0 aliphatic rings. The molecule has 1 heterocycles. The highest BCUT2D eigenvalue weighted by atomic mass is 16.5. The fourth-order valence-electron chi connectivity index (χ4n) is 2.01. The fraction of sp³-hybridized carbons (Fsp3) is 0.250. The summed E-state index contributed by atoms with van der Waals surface area (Å²) in [4.78, 5) is 16.0. The normalized spacial score (nSPS) is 11.6. The van der Waals surface area contributed by atoms with Gasteiger partial charge in [0.05, 0.1) is 18.8 Å². The third-order valence-electron chi connectivity index (χ3n) is 3.16. The number of rotatable bonds is 4. The zero-order valence-electron chi connectivity index (χ0n) is 12.4. The van der Waals surface area contributed by atoms with E-state index in [9.17, 15) is 4.79 Å². The summed E-state index contributed by atoms with van der Waals surface area (Å²) in [5, 5.41) is 5.69. The Labute approximate surface area is 124 Å². The van der Waals surface area contributed by atoms with E-state index in [2.05, 4.69) is 15.6 Å². The van der Waals surface area contributed by atoms with Crippen LogP contribution in [0.4, 0.5) is 10.5 Å².